The first-order valence-electron chi connectivity index (χ1n) is 8.67. The van der Waals surface area contributed by atoms with Crippen molar-refractivity contribution < 1.29 is 33.6 Å². The molecule has 0 aromatic heterocycles. The minimum Gasteiger partial charge on any atom is -0.461 e. The summed E-state index contributed by atoms with van der Waals surface area (Å²) in [5.41, 5.74) is -2.00. The van der Waals surface area contributed by atoms with Crippen molar-refractivity contribution in [2.45, 2.75) is 70.7 Å². The van der Waals surface area contributed by atoms with Crippen LogP contribution in [-0.2, 0) is 28.5 Å². The lowest BCUT2D eigenvalue weighted by molar-refractivity contribution is -0.286. The number of aliphatic hydroxyl groups is 1. The predicted molar refractivity (Wildman–Crippen MR) is 96.6 cm³/mol. The minimum absolute atomic E-state index is 0.0396. The highest BCUT2D eigenvalue weighted by Crippen LogP contribution is 2.43. The maximum Gasteiger partial charge on any atom is 0.339 e. The molecule has 0 bridgehead atoms. The largest absolute Gasteiger partial charge is 0.461 e. The van der Waals surface area contributed by atoms with Crippen molar-refractivity contribution in [1.82, 2.24) is 0 Å². The predicted octanol–water partition coefficient (Wildman–Crippen LogP) is 2.09. The van der Waals surface area contributed by atoms with E-state index in [0.717, 1.165) is 0 Å². The summed E-state index contributed by atoms with van der Waals surface area (Å²) >= 11 is 3.28. The first kappa shape index (κ1) is 21.3. The standard InChI is InChI=1S/C18H27BrO7/c1-10(2)24-16(22)18-7-11(15(21)26-17(3,4)5)6-13(20)12(18)9-23-14(8-19)25-18/h6,10,12-14,20H,7-9H2,1-5H3/t12-,13+,14-,18+/m1/s1. The number of fused-ring (bicyclic) bond motifs is 1. The summed E-state index contributed by atoms with van der Waals surface area (Å²) in [7, 11) is 0. The smallest absolute Gasteiger partial charge is 0.339 e. The highest BCUT2D eigenvalue weighted by molar-refractivity contribution is 9.09. The Labute approximate surface area is 162 Å². The Balaban J connectivity index is 2.38. The third-order valence-electron chi connectivity index (χ3n) is 4.11. The van der Waals surface area contributed by atoms with Crippen molar-refractivity contribution >= 4 is 27.9 Å². The van der Waals surface area contributed by atoms with Crippen LogP contribution in [0.15, 0.2) is 11.6 Å². The van der Waals surface area contributed by atoms with Crippen LogP contribution in [0.5, 0.6) is 0 Å². The number of hydrogen-bond donors (Lipinski definition) is 1. The molecule has 148 valence electrons. The van der Waals surface area contributed by atoms with Crippen molar-refractivity contribution in [3.63, 3.8) is 0 Å². The Morgan fingerprint density at radius 2 is 2.08 bits per heavy atom. The maximum absolute atomic E-state index is 12.9. The number of rotatable bonds is 4. The molecule has 4 atom stereocenters. The molecule has 0 radical (unpaired) electrons. The Bertz CT molecular complexity index is 581. The molecule has 7 nitrogen and oxygen atoms in total. The van der Waals surface area contributed by atoms with Gasteiger partial charge in [-0.3, -0.25) is 0 Å². The van der Waals surface area contributed by atoms with Crippen molar-refractivity contribution in [1.29, 1.82) is 0 Å². The van der Waals surface area contributed by atoms with Crippen LogP contribution in [0.2, 0.25) is 0 Å². The Morgan fingerprint density at radius 1 is 1.42 bits per heavy atom. The van der Waals surface area contributed by atoms with E-state index in [2.05, 4.69) is 15.9 Å². The van der Waals surface area contributed by atoms with E-state index in [1.165, 1.54) is 6.08 Å². The van der Waals surface area contributed by atoms with E-state index in [1.54, 1.807) is 34.6 Å². The van der Waals surface area contributed by atoms with Gasteiger partial charge in [0.05, 0.1) is 30.1 Å². The molecule has 26 heavy (non-hydrogen) atoms. The number of aliphatic hydroxyl groups excluding tert-OH is 1. The quantitative estimate of drug-likeness (QED) is 0.534. The Morgan fingerprint density at radius 3 is 2.62 bits per heavy atom. The van der Waals surface area contributed by atoms with Crippen LogP contribution in [0.1, 0.15) is 41.0 Å². The van der Waals surface area contributed by atoms with E-state index in [0.29, 0.717) is 5.33 Å². The lowest BCUT2D eigenvalue weighted by Gasteiger charge is -2.48. The normalized spacial score (nSPS) is 31.8. The van der Waals surface area contributed by atoms with Gasteiger partial charge in [-0.15, -0.1) is 0 Å². The zero-order valence-corrected chi connectivity index (χ0v) is 17.4. The fourth-order valence-corrected chi connectivity index (χ4v) is 3.38. The van der Waals surface area contributed by atoms with Crippen molar-refractivity contribution in [2.24, 2.45) is 5.92 Å². The Kier molecular flexibility index (Phi) is 6.53. The van der Waals surface area contributed by atoms with Gasteiger partial charge in [0.25, 0.3) is 0 Å². The van der Waals surface area contributed by atoms with E-state index in [4.69, 9.17) is 18.9 Å². The molecule has 8 heteroatoms. The molecule has 1 aliphatic carbocycles. The van der Waals surface area contributed by atoms with Gasteiger partial charge < -0.3 is 24.1 Å². The lowest BCUT2D eigenvalue weighted by atomic mass is 9.73. The van der Waals surface area contributed by atoms with Gasteiger partial charge in [0, 0.05) is 12.0 Å². The van der Waals surface area contributed by atoms with E-state index >= 15 is 0 Å². The zero-order valence-electron chi connectivity index (χ0n) is 15.8. The number of ether oxygens (including phenoxy) is 4. The zero-order chi connectivity index (χ0) is 19.7. The van der Waals surface area contributed by atoms with Gasteiger partial charge in [0.1, 0.15) is 5.60 Å². The monoisotopic (exact) mass is 434 g/mol. The third-order valence-corrected chi connectivity index (χ3v) is 4.64. The van der Waals surface area contributed by atoms with E-state index in [9.17, 15) is 14.7 Å². The molecule has 1 aliphatic heterocycles. The second-order valence-corrected chi connectivity index (χ2v) is 8.49. The Hall–Kier alpha value is -0.960. The van der Waals surface area contributed by atoms with Crippen molar-refractivity contribution in [2.75, 3.05) is 11.9 Å². The van der Waals surface area contributed by atoms with Gasteiger partial charge >= 0.3 is 11.9 Å². The van der Waals surface area contributed by atoms with Gasteiger partial charge in [0.15, 0.2) is 11.9 Å². The average Bonchev–Trinajstić information content (AvgIpc) is 2.51. The summed E-state index contributed by atoms with van der Waals surface area (Å²) < 4.78 is 22.3. The van der Waals surface area contributed by atoms with Crippen LogP contribution >= 0.6 is 15.9 Å². The molecule has 0 unspecified atom stereocenters. The molecular weight excluding hydrogens is 408 g/mol. The van der Waals surface area contributed by atoms with Crippen molar-refractivity contribution in [3.8, 4) is 0 Å². The molecule has 0 aromatic rings. The summed E-state index contributed by atoms with van der Waals surface area (Å²) in [6.07, 6.45) is -0.763. The molecule has 2 aliphatic rings. The van der Waals surface area contributed by atoms with Gasteiger partial charge in [-0.2, -0.15) is 0 Å². The highest BCUT2D eigenvalue weighted by Gasteiger charge is 2.58. The van der Waals surface area contributed by atoms with Gasteiger partial charge in [-0.1, -0.05) is 15.9 Å². The number of halogens is 1. The van der Waals surface area contributed by atoms with Gasteiger partial charge in [-0.25, -0.2) is 9.59 Å². The van der Waals surface area contributed by atoms with E-state index < -0.39 is 41.5 Å². The van der Waals surface area contributed by atoms with E-state index in [1.807, 2.05) is 0 Å². The van der Waals surface area contributed by atoms with Crippen molar-refractivity contribution in [3.05, 3.63) is 11.6 Å². The second-order valence-electron chi connectivity index (χ2n) is 7.85. The molecule has 1 N–H and O–H groups in total. The van der Waals surface area contributed by atoms with E-state index in [-0.39, 0.29) is 24.7 Å². The summed E-state index contributed by atoms with van der Waals surface area (Å²) in [5, 5.41) is 10.9. The summed E-state index contributed by atoms with van der Waals surface area (Å²) in [5.74, 6) is -1.87. The molecule has 0 amide bonds. The van der Waals surface area contributed by atoms with Gasteiger partial charge in [-0.05, 0) is 40.7 Å². The highest BCUT2D eigenvalue weighted by atomic mass is 79.9. The molecule has 0 aromatic carbocycles. The lowest BCUT2D eigenvalue weighted by Crippen LogP contribution is -2.62. The number of carbonyl (C=O) groups is 2. The fourth-order valence-electron chi connectivity index (χ4n) is 3.06. The third kappa shape index (κ3) is 4.65. The van der Waals surface area contributed by atoms with Crippen LogP contribution < -0.4 is 0 Å². The van der Waals surface area contributed by atoms with Gasteiger partial charge in [0.2, 0.25) is 0 Å². The second kappa shape index (κ2) is 7.96. The molecule has 0 saturated carbocycles. The molecule has 1 saturated heterocycles. The summed E-state index contributed by atoms with van der Waals surface area (Å²) in [6, 6.07) is 0. The molecule has 2 rings (SSSR count). The molecule has 1 fully saturated rings. The number of alkyl halides is 1. The van der Waals surface area contributed by atoms with Crippen LogP contribution in [0.4, 0.5) is 0 Å². The number of esters is 2. The fraction of sp³-hybridized carbons (Fsp3) is 0.778. The van der Waals surface area contributed by atoms with Crippen LogP contribution in [0.25, 0.3) is 0 Å². The topological polar surface area (TPSA) is 91.3 Å². The molecule has 0 spiro atoms. The van der Waals surface area contributed by atoms with Crippen LogP contribution in [-0.4, -0.2) is 58.7 Å². The first-order chi connectivity index (χ1) is 12.0. The molecular formula is C18H27BrO7. The number of carbonyl (C=O) groups excluding carboxylic acids is 2. The van der Waals surface area contributed by atoms with Crippen LogP contribution in [0.3, 0.4) is 0 Å². The summed E-state index contributed by atoms with van der Waals surface area (Å²) in [4.78, 5) is 25.4. The molecule has 1 heterocycles. The maximum atomic E-state index is 12.9. The minimum atomic E-state index is -1.50. The summed E-state index contributed by atoms with van der Waals surface area (Å²) in [6.45, 7) is 8.83. The first-order valence-corrected chi connectivity index (χ1v) is 9.79. The van der Waals surface area contributed by atoms with Crippen LogP contribution in [0, 0.1) is 5.92 Å². The number of hydrogen-bond acceptors (Lipinski definition) is 7. The average molecular weight is 435 g/mol. The SMILES string of the molecule is CC(C)OC(=O)[C@]12CC(C(=O)OC(C)(C)C)=C[C@H](O)[C@H]1CO[C@@H](CBr)O2.